The molecule has 1 aliphatic heterocycles. The molecule has 1 aliphatic rings. The van der Waals surface area contributed by atoms with Crippen LogP contribution in [0.25, 0.3) is 0 Å². The number of nitrogens with zero attached hydrogens (tertiary/aromatic N) is 1. The van der Waals surface area contributed by atoms with Crippen LogP contribution in [0.1, 0.15) is 52.4 Å². The van der Waals surface area contributed by atoms with Crippen molar-refractivity contribution in [3.05, 3.63) is 0 Å². The Kier molecular flexibility index (Phi) is 6.16. The Morgan fingerprint density at radius 3 is 2.78 bits per heavy atom. The van der Waals surface area contributed by atoms with Gasteiger partial charge in [0.15, 0.2) is 0 Å². The summed E-state index contributed by atoms with van der Waals surface area (Å²) in [6.45, 7) is 5.44. The summed E-state index contributed by atoms with van der Waals surface area (Å²) in [6, 6.07) is 0. The van der Waals surface area contributed by atoms with Crippen LogP contribution < -0.4 is 0 Å². The van der Waals surface area contributed by atoms with Gasteiger partial charge < -0.3 is 10.0 Å². The lowest BCUT2D eigenvalue weighted by atomic mass is 9.94. The topological polar surface area (TPSA) is 57.6 Å². The number of carboxylic acid groups (broad SMARTS) is 1. The van der Waals surface area contributed by atoms with Crippen LogP contribution in [0.4, 0.5) is 0 Å². The van der Waals surface area contributed by atoms with Crippen molar-refractivity contribution >= 4 is 11.9 Å². The molecule has 1 saturated heterocycles. The van der Waals surface area contributed by atoms with Gasteiger partial charge in [-0.05, 0) is 18.8 Å². The van der Waals surface area contributed by atoms with E-state index in [-0.39, 0.29) is 11.8 Å². The molecule has 0 aromatic heterocycles. The zero-order valence-electron chi connectivity index (χ0n) is 11.5. The van der Waals surface area contributed by atoms with Crippen LogP contribution in [0.3, 0.4) is 0 Å². The highest BCUT2D eigenvalue weighted by molar-refractivity contribution is 5.80. The summed E-state index contributed by atoms with van der Waals surface area (Å²) < 4.78 is 0. The summed E-state index contributed by atoms with van der Waals surface area (Å²) in [4.78, 5) is 24.6. The van der Waals surface area contributed by atoms with E-state index in [2.05, 4.69) is 13.8 Å². The molecule has 0 saturated carbocycles. The Bertz CT molecular complexity index is 291. The molecule has 2 unspecified atom stereocenters. The van der Waals surface area contributed by atoms with Gasteiger partial charge in [-0.3, -0.25) is 9.59 Å². The molecule has 4 nitrogen and oxygen atoms in total. The number of amides is 1. The van der Waals surface area contributed by atoms with Crippen LogP contribution in [-0.2, 0) is 9.59 Å². The highest BCUT2D eigenvalue weighted by Crippen LogP contribution is 2.21. The molecule has 1 amide bonds. The van der Waals surface area contributed by atoms with E-state index in [1.165, 1.54) is 12.8 Å². The van der Waals surface area contributed by atoms with Crippen molar-refractivity contribution in [2.45, 2.75) is 52.4 Å². The van der Waals surface area contributed by atoms with E-state index in [0.29, 0.717) is 25.3 Å². The number of carbonyl (C=O) groups excluding carboxylic acids is 1. The number of rotatable bonds is 7. The second-order valence-electron chi connectivity index (χ2n) is 5.29. The van der Waals surface area contributed by atoms with Gasteiger partial charge in [0, 0.05) is 19.5 Å². The number of hydrogen-bond acceptors (Lipinski definition) is 2. The van der Waals surface area contributed by atoms with Gasteiger partial charge in [0.25, 0.3) is 0 Å². The lowest BCUT2D eigenvalue weighted by Crippen LogP contribution is -2.44. The van der Waals surface area contributed by atoms with E-state index >= 15 is 0 Å². The fourth-order valence-electron chi connectivity index (χ4n) is 2.52. The van der Waals surface area contributed by atoms with Crippen molar-refractivity contribution in [3.8, 4) is 0 Å². The third kappa shape index (κ3) is 4.31. The lowest BCUT2D eigenvalue weighted by Gasteiger charge is -2.33. The number of carbonyl (C=O) groups is 2. The summed E-state index contributed by atoms with van der Waals surface area (Å²) in [5.74, 6) is -0.496. The van der Waals surface area contributed by atoms with Crippen LogP contribution in [0, 0.1) is 11.8 Å². The Labute approximate surface area is 109 Å². The van der Waals surface area contributed by atoms with Crippen LogP contribution >= 0.6 is 0 Å². The minimum absolute atomic E-state index is 0.127. The highest BCUT2D eigenvalue weighted by Gasteiger charge is 2.30. The second-order valence-corrected chi connectivity index (χ2v) is 5.29. The molecule has 0 bridgehead atoms. The number of likely N-dealkylation sites (tertiary alicyclic amines) is 1. The van der Waals surface area contributed by atoms with Crippen molar-refractivity contribution in [2.24, 2.45) is 11.8 Å². The van der Waals surface area contributed by atoms with Gasteiger partial charge in [0.05, 0.1) is 5.92 Å². The average molecular weight is 255 g/mol. The number of hydrogen-bond donors (Lipinski definition) is 1. The number of carboxylic acids is 1. The Morgan fingerprint density at radius 1 is 1.50 bits per heavy atom. The SMILES string of the molecule is CCCCC(CC)CN1CC(C(=O)O)CCC1=O. The van der Waals surface area contributed by atoms with Gasteiger partial charge >= 0.3 is 5.97 Å². The number of aliphatic carboxylic acids is 1. The van der Waals surface area contributed by atoms with Crippen molar-refractivity contribution in [1.82, 2.24) is 4.90 Å². The molecule has 4 heteroatoms. The van der Waals surface area contributed by atoms with E-state index in [0.717, 1.165) is 19.4 Å². The summed E-state index contributed by atoms with van der Waals surface area (Å²) in [7, 11) is 0. The standard InChI is InChI=1S/C14H25NO3/c1-3-5-6-11(4-2)9-15-10-12(14(17)18)7-8-13(15)16/h11-12H,3-10H2,1-2H3,(H,17,18). The molecule has 0 aromatic rings. The van der Waals surface area contributed by atoms with Gasteiger partial charge in [-0.25, -0.2) is 0 Å². The molecule has 104 valence electrons. The summed E-state index contributed by atoms with van der Waals surface area (Å²) in [6.07, 6.45) is 5.43. The fourth-order valence-corrected chi connectivity index (χ4v) is 2.52. The van der Waals surface area contributed by atoms with Gasteiger partial charge in [-0.15, -0.1) is 0 Å². The zero-order valence-corrected chi connectivity index (χ0v) is 11.5. The maximum absolute atomic E-state index is 11.8. The molecule has 1 heterocycles. The van der Waals surface area contributed by atoms with Gasteiger partial charge in [-0.1, -0.05) is 33.1 Å². The van der Waals surface area contributed by atoms with Crippen LogP contribution in [0.15, 0.2) is 0 Å². The first-order valence-electron chi connectivity index (χ1n) is 7.09. The van der Waals surface area contributed by atoms with Crippen LogP contribution in [0.5, 0.6) is 0 Å². The van der Waals surface area contributed by atoms with Crippen molar-refractivity contribution < 1.29 is 14.7 Å². The minimum atomic E-state index is -0.769. The van der Waals surface area contributed by atoms with E-state index in [4.69, 9.17) is 5.11 Å². The molecule has 1 rings (SSSR count). The lowest BCUT2D eigenvalue weighted by molar-refractivity contribution is -0.147. The molecular weight excluding hydrogens is 230 g/mol. The molecule has 0 aromatic carbocycles. The quantitative estimate of drug-likeness (QED) is 0.760. The third-order valence-corrected chi connectivity index (χ3v) is 3.87. The monoisotopic (exact) mass is 255 g/mol. The van der Waals surface area contributed by atoms with Crippen molar-refractivity contribution in [3.63, 3.8) is 0 Å². The second kappa shape index (κ2) is 7.39. The first-order valence-corrected chi connectivity index (χ1v) is 7.09. The normalized spacial score (nSPS) is 22.0. The Morgan fingerprint density at radius 2 is 2.22 bits per heavy atom. The fraction of sp³-hybridized carbons (Fsp3) is 0.857. The maximum Gasteiger partial charge on any atom is 0.308 e. The largest absolute Gasteiger partial charge is 0.481 e. The van der Waals surface area contributed by atoms with Gasteiger partial charge in [0.2, 0.25) is 5.91 Å². The predicted octanol–water partition coefficient (Wildman–Crippen LogP) is 2.53. The van der Waals surface area contributed by atoms with Crippen molar-refractivity contribution in [1.29, 1.82) is 0 Å². The summed E-state index contributed by atoms with van der Waals surface area (Å²) in [5, 5.41) is 9.04. The van der Waals surface area contributed by atoms with Crippen LogP contribution in [0.2, 0.25) is 0 Å². The van der Waals surface area contributed by atoms with Gasteiger partial charge in [0.1, 0.15) is 0 Å². The average Bonchev–Trinajstić information content (AvgIpc) is 2.36. The molecule has 2 atom stereocenters. The maximum atomic E-state index is 11.8. The first kappa shape index (κ1) is 15.0. The molecule has 0 aliphatic carbocycles. The molecule has 0 radical (unpaired) electrons. The summed E-state index contributed by atoms with van der Waals surface area (Å²) >= 11 is 0. The zero-order chi connectivity index (χ0) is 13.5. The van der Waals surface area contributed by atoms with Crippen LogP contribution in [-0.4, -0.2) is 35.0 Å². The highest BCUT2D eigenvalue weighted by atomic mass is 16.4. The van der Waals surface area contributed by atoms with E-state index in [9.17, 15) is 9.59 Å². The summed E-state index contributed by atoms with van der Waals surface area (Å²) in [5.41, 5.74) is 0. The molecule has 1 N–H and O–H groups in total. The Hall–Kier alpha value is -1.06. The third-order valence-electron chi connectivity index (χ3n) is 3.87. The number of unbranched alkanes of at least 4 members (excludes halogenated alkanes) is 1. The minimum Gasteiger partial charge on any atom is -0.481 e. The first-order chi connectivity index (χ1) is 8.58. The molecule has 0 spiro atoms. The van der Waals surface area contributed by atoms with Gasteiger partial charge in [-0.2, -0.15) is 0 Å². The molecule has 1 fully saturated rings. The van der Waals surface area contributed by atoms with E-state index in [1.807, 2.05) is 0 Å². The smallest absolute Gasteiger partial charge is 0.308 e. The van der Waals surface area contributed by atoms with E-state index < -0.39 is 5.97 Å². The number of piperidine rings is 1. The predicted molar refractivity (Wildman–Crippen MR) is 70.2 cm³/mol. The van der Waals surface area contributed by atoms with E-state index in [1.54, 1.807) is 4.90 Å². The van der Waals surface area contributed by atoms with Crippen molar-refractivity contribution in [2.75, 3.05) is 13.1 Å². The molecular formula is C14H25NO3. The Balaban J connectivity index is 2.51. The molecule has 18 heavy (non-hydrogen) atoms.